The number of aromatic nitrogens is 2. The highest BCUT2D eigenvalue weighted by Crippen LogP contribution is 2.25. The lowest BCUT2D eigenvalue weighted by Crippen LogP contribution is -2.32. The van der Waals surface area contributed by atoms with Gasteiger partial charge in [0.1, 0.15) is 25.9 Å². The van der Waals surface area contributed by atoms with E-state index in [0.29, 0.717) is 5.01 Å². The number of allylic oxidation sites excluding steroid dienone is 4. The van der Waals surface area contributed by atoms with Crippen LogP contribution in [0.4, 0.5) is 5.69 Å². The number of rotatable bonds is 9. The summed E-state index contributed by atoms with van der Waals surface area (Å²) in [7, 11) is -9.53. The molecule has 18 heteroatoms. The Hall–Kier alpha value is -5.43. The lowest BCUT2D eigenvalue weighted by molar-refractivity contribution is -0.294. The van der Waals surface area contributed by atoms with Crippen LogP contribution in [0.15, 0.2) is 98.1 Å². The van der Waals surface area contributed by atoms with Crippen molar-refractivity contribution in [3.63, 3.8) is 0 Å². The fraction of sp³-hybridized carbons (Fsp3) is 0. The Labute approximate surface area is 241 Å². The number of carbonyl (C=O) groups is 3. The fourth-order valence-corrected chi connectivity index (χ4v) is 4.66. The van der Waals surface area contributed by atoms with Gasteiger partial charge in [-0.25, -0.2) is 21.5 Å². The van der Waals surface area contributed by atoms with Crippen LogP contribution in [0.3, 0.4) is 0 Å². The minimum Gasteiger partial charge on any atom is -0.744 e. The van der Waals surface area contributed by atoms with Crippen molar-refractivity contribution in [2.24, 2.45) is 5.10 Å². The minimum absolute atomic E-state index is 0.00233. The number of aromatic amines is 1. The number of hydrogen-bond donors (Lipinski definition) is 1. The molecule has 16 nitrogen and oxygen atoms in total. The van der Waals surface area contributed by atoms with Crippen LogP contribution >= 0.6 is 0 Å². The lowest BCUT2D eigenvalue weighted by Gasteiger charge is -2.13. The third-order valence-corrected chi connectivity index (χ3v) is 7.40. The molecule has 4 rings (SSSR count). The van der Waals surface area contributed by atoms with E-state index in [1.165, 1.54) is 18.2 Å². The van der Waals surface area contributed by atoms with E-state index >= 15 is 0 Å². The number of nitrogens with one attached hydrogen (secondary N) is 1. The van der Waals surface area contributed by atoms with Crippen molar-refractivity contribution < 1.29 is 50.5 Å². The van der Waals surface area contributed by atoms with E-state index in [9.17, 15) is 55.3 Å². The molecule has 0 fully saturated rings. The van der Waals surface area contributed by atoms with Crippen molar-refractivity contribution in [1.29, 1.82) is 0 Å². The van der Waals surface area contributed by atoms with Gasteiger partial charge in [0.2, 0.25) is 0 Å². The fourth-order valence-electron chi connectivity index (χ4n) is 3.72. The average Bonchev–Trinajstić information content (AvgIpc) is 3.44. The van der Waals surface area contributed by atoms with Gasteiger partial charge in [-0.05, 0) is 60.7 Å². The SMILES string of the molecule is O=C([O-])C1=NN(c2ccc(S(=O)(=O)[O-])cc2)C(=O)C1=CC=CC=Cc1c(C(=O)[O-])[nH]n(-c2ccc(S(=O)(=O)[O-])cc2)c1=O. The highest BCUT2D eigenvalue weighted by atomic mass is 32.2. The number of benzene rings is 2. The number of hydrazone groups is 1. The summed E-state index contributed by atoms with van der Waals surface area (Å²) in [5.74, 6) is -4.50. The minimum atomic E-state index is -4.77. The molecule has 1 aliphatic rings. The van der Waals surface area contributed by atoms with Crippen LogP contribution in [0.2, 0.25) is 0 Å². The van der Waals surface area contributed by atoms with Crippen LogP contribution in [0, 0.1) is 0 Å². The molecule has 0 saturated carbocycles. The number of amides is 1. The second kappa shape index (κ2) is 11.4. The van der Waals surface area contributed by atoms with Gasteiger partial charge < -0.3 is 28.9 Å². The molecule has 2 aromatic carbocycles. The van der Waals surface area contributed by atoms with Crippen LogP contribution in [0.5, 0.6) is 0 Å². The number of carboxylic acids is 2. The Morgan fingerprint density at radius 1 is 0.767 bits per heavy atom. The first-order valence-corrected chi connectivity index (χ1v) is 14.3. The third kappa shape index (κ3) is 6.41. The molecule has 3 aromatic rings. The van der Waals surface area contributed by atoms with Gasteiger partial charge in [-0.1, -0.05) is 18.2 Å². The molecule has 1 aliphatic heterocycles. The number of carbonyl (C=O) groups excluding carboxylic acids is 3. The molecule has 0 aliphatic carbocycles. The molecule has 43 heavy (non-hydrogen) atoms. The summed E-state index contributed by atoms with van der Waals surface area (Å²) in [5.41, 5.74) is -3.16. The van der Waals surface area contributed by atoms with Gasteiger partial charge in [-0.2, -0.15) is 10.1 Å². The number of aromatic carboxylic acids is 1. The first kappa shape index (κ1) is 30.5. The lowest BCUT2D eigenvalue weighted by atomic mass is 10.1. The Balaban J connectivity index is 1.59. The molecule has 0 spiro atoms. The average molecular weight is 627 g/mol. The number of anilines is 1. The Bertz CT molecular complexity index is 2050. The molecule has 2 heterocycles. The number of hydrogen-bond acceptors (Lipinski definition) is 13. The second-order valence-corrected chi connectivity index (χ2v) is 11.2. The normalized spacial score (nSPS) is 15.1. The molecule has 0 unspecified atom stereocenters. The van der Waals surface area contributed by atoms with Crippen molar-refractivity contribution in [3.8, 4) is 5.69 Å². The smallest absolute Gasteiger partial charge is 0.281 e. The molecule has 1 N–H and O–H groups in total. The van der Waals surface area contributed by atoms with Gasteiger partial charge in [-0.3, -0.25) is 14.7 Å². The van der Waals surface area contributed by atoms with Gasteiger partial charge in [0, 0.05) is 0 Å². The van der Waals surface area contributed by atoms with Crippen molar-refractivity contribution in [2.75, 3.05) is 5.01 Å². The molecule has 0 bridgehead atoms. The van der Waals surface area contributed by atoms with Gasteiger partial charge >= 0.3 is 0 Å². The molecule has 0 atom stereocenters. The largest absolute Gasteiger partial charge is 0.744 e. The molecule has 0 saturated heterocycles. The zero-order valence-electron chi connectivity index (χ0n) is 21.1. The van der Waals surface area contributed by atoms with E-state index in [4.69, 9.17) is 0 Å². The van der Waals surface area contributed by atoms with Gasteiger partial charge in [0.25, 0.3) is 11.5 Å². The van der Waals surface area contributed by atoms with Crippen molar-refractivity contribution in [1.82, 2.24) is 9.78 Å². The Morgan fingerprint density at radius 3 is 1.79 bits per heavy atom. The monoisotopic (exact) mass is 626 g/mol. The Morgan fingerprint density at radius 2 is 1.30 bits per heavy atom. The zero-order chi connectivity index (χ0) is 31.7. The molecular weight excluding hydrogens is 612 g/mol. The molecule has 1 amide bonds. The van der Waals surface area contributed by atoms with Crippen LogP contribution in [0.25, 0.3) is 11.8 Å². The summed E-state index contributed by atoms with van der Waals surface area (Å²) >= 11 is 0. The first-order chi connectivity index (χ1) is 20.1. The summed E-state index contributed by atoms with van der Waals surface area (Å²) in [4.78, 5) is 47.6. The van der Waals surface area contributed by atoms with E-state index < -0.39 is 70.4 Å². The number of aliphatic carboxylic acids is 1. The summed E-state index contributed by atoms with van der Waals surface area (Å²) < 4.78 is 67.5. The highest BCUT2D eigenvalue weighted by Gasteiger charge is 2.31. The first-order valence-electron chi connectivity index (χ1n) is 11.5. The molecule has 222 valence electrons. The van der Waals surface area contributed by atoms with E-state index in [1.54, 1.807) is 0 Å². The number of carboxylic acid groups (broad SMARTS) is 2. The highest BCUT2D eigenvalue weighted by molar-refractivity contribution is 7.86. The topological polar surface area (TPSA) is 265 Å². The van der Waals surface area contributed by atoms with E-state index in [1.807, 2.05) is 0 Å². The maximum Gasteiger partial charge on any atom is 0.281 e. The standard InChI is InChI=1S/C25H18N4O12S2/c30-22-18(20(24(32)33)26-28(22)14-6-10-16(11-7-14)42(36,37)38)4-2-1-3-5-19-21(25(34)35)27-29(23(19)31)15-8-12-17(13-9-15)43(39,40)41/h1-13,26H,(H,32,33)(H,34,35)(H,36,37,38)(H,39,40,41)/p-4. The Kier molecular flexibility index (Phi) is 8.13. The predicted molar refractivity (Wildman–Crippen MR) is 139 cm³/mol. The molecule has 1 aromatic heterocycles. The van der Waals surface area contributed by atoms with E-state index in [0.717, 1.165) is 65.4 Å². The summed E-state index contributed by atoms with van der Waals surface area (Å²) in [6.45, 7) is 0. The second-order valence-electron chi connectivity index (χ2n) is 8.40. The summed E-state index contributed by atoms with van der Waals surface area (Å²) in [6.07, 6.45) is 5.67. The van der Waals surface area contributed by atoms with E-state index in [-0.39, 0.29) is 16.9 Å². The van der Waals surface area contributed by atoms with Gasteiger partial charge in [-0.15, -0.1) is 0 Å². The predicted octanol–water partition coefficient (Wildman–Crippen LogP) is -2.01. The van der Waals surface area contributed by atoms with Crippen LogP contribution in [0.1, 0.15) is 16.1 Å². The quantitative estimate of drug-likeness (QED) is 0.153. The number of H-pyrrole nitrogens is 1. The van der Waals surface area contributed by atoms with Crippen molar-refractivity contribution in [3.05, 3.63) is 100 Å². The molecular formula is C25H14N4O12S2-4. The molecule has 0 radical (unpaired) electrons. The maximum atomic E-state index is 12.8. The van der Waals surface area contributed by atoms with Crippen LogP contribution < -0.4 is 20.8 Å². The van der Waals surface area contributed by atoms with Crippen molar-refractivity contribution >= 4 is 55.6 Å². The van der Waals surface area contributed by atoms with Crippen LogP contribution in [-0.2, 0) is 29.8 Å². The third-order valence-electron chi connectivity index (χ3n) is 5.70. The zero-order valence-corrected chi connectivity index (χ0v) is 22.7. The van der Waals surface area contributed by atoms with Gasteiger partial charge in [0.15, 0.2) is 0 Å². The van der Waals surface area contributed by atoms with Gasteiger partial charge in [0.05, 0.1) is 49.9 Å². The van der Waals surface area contributed by atoms with Crippen LogP contribution in [-0.4, -0.2) is 59.3 Å². The maximum absolute atomic E-state index is 12.8. The van der Waals surface area contributed by atoms with Crippen molar-refractivity contribution in [2.45, 2.75) is 9.79 Å². The summed E-state index contributed by atoms with van der Waals surface area (Å²) in [6, 6.07) is 8.01. The summed E-state index contributed by atoms with van der Waals surface area (Å²) in [5, 5.41) is 29.8. The van der Waals surface area contributed by atoms with E-state index in [2.05, 4.69) is 10.2 Å². The number of nitrogens with zero attached hydrogens (tertiary/aromatic N) is 3.